The molecule has 0 radical (unpaired) electrons. The number of rotatable bonds is 10. The number of guanidine groups is 1. The average molecular weight is 505 g/mol. The van der Waals surface area contributed by atoms with Crippen molar-refractivity contribution in [1.82, 2.24) is 20.4 Å². The van der Waals surface area contributed by atoms with E-state index in [2.05, 4.69) is 20.5 Å². The molecule has 0 spiro atoms. The number of amides is 1. The summed E-state index contributed by atoms with van der Waals surface area (Å²) in [5.41, 5.74) is 1.09. The second-order valence-electron chi connectivity index (χ2n) is 6.89. The zero-order valence-corrected chi connectivity index (χ0v) is 19.2. The molecule has 1 aliphatic heterocycles. The molecule has 0 saturated carbocycles. The topological polar surface area (TPSA) is 60.0 Å². The molecule has 0 unspecified atom stereocenters. The highest BCUT2D eigenvalue weighted by Crippen LogP contribution is 2.09. The van der Waals surface area contributed by atoms with Gasteiger partial charge >= 0.3 is 0 Å². The number of likely N-dealkylation sites (N-methyl/N-ethyl adjacent to an activating group) is 1. The number of nitrogens with zero attached hydrogens (tertiary/aromatic N) is 3. The lowest BCUT2D eigenvalue weighted by atomic mass is 10.2. The van der Waals surface area contributed by atoms with Gasteiger partial charge < -0.3 is 20.4 Å². The SMILES string of the molecule is CCNC(=NCCCN1CCCC1=O)NCCN(C)Cc1ccc(F)cc1.I. The quantitative estimate of drug-likeness (QED) is 0.222. The van der Waals surface area contributed by atoms with Crippen LogP contribution in [0, 0.1) is 5.82 Å². The van der Waals surface area contributed by atoms with E-state index in [0.29, 0.717) is 13.0 Å². The Bertz CT molecular complexity index is 611. The van der Waals surface area contributed by atoms with E-state index in [1.807, 2.05) is 31.0 Å². The van der Waals surface area contributed by atoms with Crippen LogP contribution in [0.25, 0.3) is 0 Å². The first-order valence-electron chi connectivity index (χ1n) is 9.81. The summed E-state index contributed by atoms with van der Waals surface area (Å²) < 4.78 is 13.0. The van der Waals surface area contributed by atoms with E-state index < -0.39 is 0 Å². The molecule has 1 heterocycles. The molecule has 1 aromatic carbocycles. The van der Waals surface area contributed by atoms with Crippen molar-refractivity contribution >= 4 is 35.8 Å². The summed E-state index contributed by atoms with van der Waals surface area (Å²) in [6, 6.07) is 6.62. The Balaban J connectivity index is 0.00000392. The van der Waals surface area contributed by atoms with Crippen LogP contribution in [0.5, 0.6) is 0 Å². The van der Waals surface area contributed by atoms with Crippen molar-refractivity contribution in [2.45, 2.75) is 32.7 Å². The van der Waals surface area contributed by atoms with Crippen molar-refractivity contribution < 1.29 is 9.18 Å². The van der Waals surface area contributed by atoms with Crippen LogP contribution in [0.15, 0.2) is 29.3 Å². The lowest BCUT2D eigenvalue weighted by Gasteiger charge is -2.18. The lowest BCUT2D eigenvalue weighted by Crippen LogP contribution is -2.41. The van der Waals surface area contributed by atoms with Gasteiger partial charge in [-0.25, -0.2) is 4.39 Å². The summed E-state index contributed by atoms with van der Waals surface area (Å²) in [5, 5.41) is 6.59. The number of likely N-dealkylation sites (tertiary alicyclic amines) is 1. The summed E-state index contributed by atoms with van der Waals surface area (Å²) in [5.74, 6) is 0.872. The van der Waals surface area contributed by atoms with Gasteiger partial charge in [-0.05, 0) is 44.5 Å². The van der Waals surface area contributed by atoms with Gasteiger partial charge in [0.25, 0.3) is 0 Å². The van der Waals surface area contributed by atoms with Gasteiger partial charge in [0.1, 0.15) is 5.82 Å². The van der Waals surface area contributed by atoms with Gasteiger partial charge in [-0.15, -0.1) is 24.0 Å². The maximum Gasteiger partial charge on any atom is 0.222 e. The molecule has 0 aromatic heterocycles. The minimum Gasteiger partial charge on any atom is -0.357 e. The Kier molecular flexibility index (Phi) is 12.1. The number of nitrogens with one attached hydrogen (secondary N) is 2. The van der Waals surface area contributed by atoms with Crippen LogP contribution in [0.4, 0.5) is 4.39 Å². The second-order valence-corrected chi connectivity index (χ2v) is 6.89. The number of hydrogen-bond acceptors (Lipinski definition) is 3. The van der Waals surface area contributed by atoms with Crippen LogP contribution in [0.3, 0.4) is 0 Å². The Morgan fingerprint density at radius 1 is 1.29 bits per heavy atom. The van der Waals surface area contributed by atoms with Crippen molar-refractivity contribution in [2.75, 3.05) is 46.3 Å². The van der Waals surface area contributed by atoms with Crippen LogP contribution >= 0.6 is 24.0 Å². The largest absolute Gasteiger partial charge is 0.357 e. The number of halogens is 2. The van der Waals surface area contributed by atoms with Crippen molar-refractivity contribution in [1.29, 1.82) is 0 Å². The van der Waals surface area contributed by atoms with E-state index in [4.69, 9.17) is 0 Å². The van der Waals surface area contributed by atoms with Crippen LogP contribution in [0.1, 0.15) is 31.7 Å². The molecule has 8 heteroatoms. The summed E-state index contributed by atoms with van der Waals surface area (Å²) in [6.07, 6.45) is 2.56. The van der Waals surface area contributed by atoms with Crippen molar-refractivity contribution in [3.63, 3.8) is 0 Å². The zero-order chi connectivity index (χ0) is 19.5. The standard InChI is InChI=1S/C20H32FN5O.HI/c1-3-22-20(23-11-5-14-26-13-4-6-19(26)27)24-12-15-25(2)16-17-7-9-18(21)10-8-17;/h7-10H,3-6,11-16H2,1-2H3,(H2,22,23,24);1H. The third kappa shape index (κ3) is 9.18. The Morgan fingerprint density at radius 2 is 2.04 bits per heavy atom. The number of hydrogen-bond donors (Lipinski definition) is 2. The van der Waals surface area contributed by atoms with Crippen LogP contribution < -0.4 is 10.6 Å². The van der Waals surface area contributed by atoms with Gasteiger partial charge in [0.2, 0.25) is 5.91 Å². The molecule has 0 aliphatic carbocycles. The summed E-state index contributed by atoms with van der Waals surface area (Å²) in [7, 11) is 2.04. The van der Waals surface area contributed by atoms with E-state index in [1.54, 1.807) is 0 Å². The molecule has 0 bridgehead atoms. The first-order chi connectivity index (χ1) is 13.1. The van der Waals surface area contributed by atoms with Gasteiger partial charge in [-0.3, -0.25) is 9.79 Å². The fraction of sp³-hybridized carbons (Fsp3) is 0.600. The molecule has 2 rings (SSSR count). The molecular formula is C20H33FIN5O. The minimum atomic E-state index is -0.205. The monoisotopic (exact) mass is 505 g/mol. The number of carbonyl (C=O) groups excluding carboxylic acids is 1. The molecule has 158 valence electrons. The molecule has 6 nitrogen and oxygen atoms in total. The van der Waals surface area contributed by atoms with E-state index in [0.717, 1.165) is 63.6 Å². The summed E-state index contributed by atoms with van der Waals surface area (Å²) in [6.45, 7) is 7.63. The van der Waals surface area contributed by atoms with Crippen molar-refractivity contribution in [3.05, 3.63) is 35.6 Å². The average Bonchev–Trinajstić information content (AvgIpc) is 3.05. The fourth-order valence-electron chi connectivity index (χ4n) is 3.08. The Hall–Kier alpha value is -1.42. The summed E-state index contributed by atoms with van der Waals surface area (Å²) in [4.78, 5) is 20.3. The molecule has 28 heavy (non-hydrogen) atoms. The first-order valence-corrected chi connectivity index (χ1v) is 9.81. The van der Waals surface area contributed by atoms with Crippen LogP contribution in [-0.4, -0.2) is 68.0 Å². The van der Waals surface area contributed by atoms with E-state index >= 15 is 0 Å². The smallest absolute Gasteiger partial charge is 0.222 e. The van der Waals surface area contributed by atoms with Gasteiger partial charge in [0, 0.05) is 52.2 Å². The molecule has 1 amide bonds. The van der Waals surface area contributed by atoms with Crippen molar-refractivity contribution in [3.8, 4) is 0 Å². The van der Waals surface area contributed by atoms with Gasteiger partial charge in [0.05, 0.1) is 0 Å². The molecular weight excluding hydrogens is 472 g/mol. The number of aliphatic imine (C=N–C) groups is 1. The van der Waals surface area contributed by atoms with Gasteiger partial charge in [-0.2, -0.15) is 0 Å². The maximum absolute atomic E-state index is 13.0. The number of carbonyl (C=O) groups is 1. The maximum atomic E-state index is 13.0. The van der Waals surface area contributed by atoms with Gasteiger partial charge in [-0.1, -0.05) is 12.1 Å². The van der Waals surface area contributed by atoms with Crippen molar-refractivity contribution in [2.24, 2.45) is 4.99 Å². The third-order valence-electron chi connectivity index (χ3n) is 4.52. The Morgan fingerprint density at radius 3 is 2.68 bits per heavy atom. The summed E-state index contributed by atoms with van der Waals surface area (Å²) >= 11 is 0. The molecule has 2 N–H and O–H groups in total. The third-order valence-corrected chi connectivity index (χ3v) is 4.52. The predicted octanol–water partition coefficient (Wildman–Crippen LogP) is 2.44. The highest BCUT2D eigenvalue weighted by molar-refractivity contribution is 14.0. The fourth-order valence-corrected chi connectivity index (χ4v) is 3.08. The Labute approximate surface area is 185 Å². The highest BCUT2D eigenvalue weighted by atomic mass is 127. The molecule has 1 fully saturated rings. The normalized spacial score (nSPS) is 14.4. The minimum absolute atomic E-state index is 0. The van der Waals surface area contributed by atoms with Crippen LogP contribution in [0.2, 0.25) is 0 Å². The molecule has 1 saturated heterocycles. The predicted molar refractivity (Wildman–Crippen MR) is 123 cm³/mol. The van der Waals surface area contributed by atoms with E-state index in [1.165, 1.54) is 12.1 Å². The van der Waals surface area contributed by atoms with Gasteiger partial charge in [0.15, 0.2) is 5.96 Å². The zero-order valence-electron chi connectivity index (χ0n) is 16.9. The number of benzene rings is 1. The van der Waals surface area contributed by atoms with Crippen LogP contribution in [-0.2, 0) is 11.3 Å². The molecule has 0 atom stereocenters. The van der Waals surface area contributed by atoms with E-state index in [9.17, 15) is 9.18 Å². The van der Waals surface area contributed by atoms with E-state index in [-0.39, 0.29) is 35.7 Å². The highest BCUT2D eigenvalue weighted by Gasteiger charge is 2.18. The molecule has 1 aliphatic rings. The second kappa shape index (κ2) is 13.7. The lowest BCUT2D eigenvalue weighted by molar-refractivity contribution is -0.127. The first kappa shape index (κ1) is 24.6. The molecule has 1 aromatic rings.